The molecule has 0 saturated carbocycles. The van der Waals surface area contributed by atoms with Gasteiger partial charge in [0, 0.05) is 12.1 Å². The highest BCUT2D eigenvalue weighted by Gasteiger charge is 2.13. The third-order valence-electron chi connectivity index (χ3n) is 1.74. The lowest BCUT2D eigenvalue weighted by Crippen LogP contribution is -2.12. The van der Waals surface area contributed by atoms with Gasteiger partial charge in [0.1, 0.15) is 0 Å². The molecule has 0 atom stereocenters. The summed E-state index contributed by atoms with van der Waals surface area (Å²) in [6.45, 7) is 0.152. The van der Waals surface area contributed by atoms with Crippen molar-refractivity contribution in [2.24, 2.45) is 0 Å². The molecular weight excluding hydrogens is 192 g/mol. The van der Waals surface area contributed by atoms with Crippen LogP contribution >= 0.6 is 0 Å². The van der Waals surface area contributed by atoms with Crippen molar-refractivity contribution in [2.75, 3.05) is 14.2 Å². The summed E-state index contributed by atoms with van der Waals surface area (Å²) in [6, 6.07) is 2.48. The third kappa shape index (κ3) is 2.18. The molecule has 0 aliphatic carbocycles. The van der Waals surface area contributed by atoms with E-state index in [9.17, 15) is 8.78 Å². The molecule has 1 aromatic carbocycles. The molecule has 0 bridgehead atoms. The van der Waals surface area contributed by atoms with Crippen molar-refractivity contribution < 1.29 is 18.4 Å². The number of benzene rings is 1. The number of halogens is 2. The Morgan fingerprint density at radius 2 is 2.00 bits per heavy atom. The quantitative estimate of drug-likeness (QED) is 0.754. The van der Waals surface area contributed by atoms with Crippen LogP contribution in [0.2, 0.25) is 0 Å². The molecule has 78 valence electrons. The van der Waals surface area contributed by atoms with Crippen molar-refractivity contribution in [1.82, 2.24) is 5.48 Å². The van der Waals surface area contributed by atoms with E-state index in [0.29, 0.717) is 0 Å². The first-order valence-electron chi connectivity index (χ1n) is 3.97. The minimum Gasteiger partial charge on any atom is -0.491 e. The Morgan fingerprint density at radius 3 is 2.57 bits per heavy atom. The molecule has 0 fully saturated rings. The number of hydroxylamine groups is 1. The average Bonchev–Trinajstić information content (AvgIpc) is 2.18. The van der Waals surface area contributed by atoms with Crippen molar-refractivity contribution in [3.05, 3.63) is 29.3 Å². The molecule has 0 aromatic heterocycles. The number of hydrogen-bond donors (Lipinski definition) is 1. The highest BCUT2D eigenvalue weighted by molar-refractivity contribution is 5.32. The van der Waals surface area contributed by atoms with E-state index in [1.807, 2.05) is 0 Å². The third-order valence-corrected chi connectivity index (χ3v) is 1.74. The molecule has 0 amide bonds. The van der Waals surface area contributed by atoms with Gasteiger partial charge in [0.2, 0.25) is 0 Å². The fraction of sp³-hybridized carbons (Fsp3) is 0.333. The zero-order valence-corrected chi connectivity index (χ0v) is 7.93. The van der Waals surface area contributed by atoms with Crippen LogP contribution in [0.5, 0.6) is 5.75 Å². The van der Waals surface area contributed by atoms with E-state index in [2.05, 4.69) is 15.1 Å². The number of nitrogens with one attached hydrogen (secondary N) is 1. The molecule has 0 aliphatic heterocycles. The van der Waals surface area contributed by atoms with Gasteiger partial charge in [-0.15, -0.1) is 0 Å². The number of rotatable bonds is 4. The lowest BCUT2D eigenvalue weighted by atomic mass is 10.2. The molecule has 0 radical (unpaired) electrons. The van der Waals surface area contributed by atoms with Crippen LogP contribution in [0.4, 0.5) is 8.78 Å². The minimum absolute atomic E-state index is 0.152. The second kappa shape index (κ2) is 4.88. The lowest BCUT2D eigenvalue weighted by molar-refractivity contribution is 0.0857. The highest BCUT2D eigenvalue weighted by atomic mass is 19.1. The summed E-state index contributed by atoms with van der Waals surface area (Å²) in [4.78, 5) is 4.55. The summed E-state index contributed by atoms with van der Waals surface area (Å²) in [7, 11) is 2.63. The second-order valence-electron chi connectivity index (χ2n) is 2.58. The Balaban J connectivity index is 2.96. The van der Waals surface area contributed by atoms with Gasteiger partial charge in [0.05, 0.1) is 14.2 Å². The molecule has 3 nitrogen and oxygen atoms in total. The fourth-order valence-electron chi connectivity index (χ4n) is 1.05. The zero-order chi connectivity index (χ0) is 10.6. The largest absolute Gasteiger partial charge is 0.491 e. The normalized spacial score (nSPS) is 10.3. The predicted molar refractivity (Wildman–Crippen MR) is 46.8 cm³/mol. The molecule has 0 aliphatic rings. The maximum absolute atomic E-state index is 13.4. The van der Waals surface area contributed by atoms with E-state index in [1.165, 1.54) is 20.3 Å². The van der Waals surface area contributed by atoms with Gasteiger partial charge in [-0.3, -0.25) is 0 Å². The fourth-order valence-corrected chi connectivity index (χ4v) is 1.05. The van der Waals surface area contributed by atoms with Gasteiger partial charge in [0.25, 0.3) is 0 Å². The number of ether oxygens (including phenoxy) is 1. The summed E-state index contributed by atoms with van der Waals surface area (Å²) in [5.41, 5.74) is 2.74. The molecule has 1 rings (SSSR count). The summed E-state index contributed by atoms with van der Waals surface area (Å²) in [5.74, 6) is -1.80. The van der Waals surface area contributed by atoms with Crippen LogP contribution in [-0.4, -0.2) is 14.2 Å². The van der Waals surface area contributed by atoms with Crippen molar-refractivity contribution in [3.63, 3.8) is 0 Å². The first-order chi connectivity index (χ1) is 6.70. The molecular formula is C9H11F2NO2. The summed E-state index contributed by atoms with van der Waals surface area (Å²) >= 11 is 0. The Morgan fingerprint density at radius 1 is 1.29 bits per heavy atom. The van der Waals surface area contributed by atoms with Gasteiger partial charge in [-0.25, -0.2) is 8.78 Å². The number of hydrogen-bond acceptors (Lipinski definition) is 3. The van der Waals surface area contributed by atoms with Crippen LogP contribution in [0.25, 0.3) is 0 Å². The van der Waals surface area contributed by atoms with Crippen LogP contribution < -0.4 is 10.2 Å². The molecule has 0 unspecified atom stereocenters. The monoisotopic (exact) mass is 203 g/mol. The van der Waals surface area contributed by atoms with E-state index >= 15 is 0 Å². The topological polar surface area (TPSA) is 30.5 Å². The first-order valence-corrected chi connectivity index (χ1v) is 3.97. The van der Waals surface area contributed by atoms with Gasteiger partial charge in [0.15, 0.2) is 17.4 Å². The SMILES string of the molecule is CONCc1ccc(F)c(OC)c1F. The van der Waals surface area contributed by atoms with Gasteiger partial charge in [-0.1, -0.05) is 6.07 Å². The molecule has 1 N–H and O–H groups in total. The second-order valence-corrected chi connectivity index (χ2v) is 2.58. The van der Waals surface area contributed by atoms with Gasteiger partial charge >= 0.3 is 0 Å². The zero-order valence-electron chi connectivity index (χ0n) is 7.93. The average molecular weight is 203 g/mol. The number of methoxy groups -OCH3 is 1. The maximum atomic E-state index is 13.4. The molecule has 1 aromatic rings. The van der Waals surface area contributed by atoms with E-state index in [4.69, 9.17) is 0 Å². The van der Waals surface area contributed by atoms with Crippen LogP contribution in [0.3, 0.4) is 0 Å². The van der Waals surface area contributed by atoms with E-state index in [1.54, 1.807) is 0 Å². The molecule has 0 saturated heterocycles. The van der Waals surface area contributed by atoms with Crippen molar-refractivity contribution in [2.45, 2.75) is 6.54 Å². The Hall–Kier alpha value is -1.20. The van der Waals surface area contributed by atoms with Crippen molar-refractivity contribution >= 4 is 0 Å². The van der Waals surface area contributed by atoms with Crippen molar-refractivity contribution in [3.8, 4) is 5.75 Å². The van der Waals surface area contributed by atoms with Gasteiger partial charge in [-0.2, -0.15) is 5.48 Å². The molecule has 0 spiro atoms. The predicted octanol–water partition coefficient (Wildman–Crippen LogP) is 1.62. The maximum Gasteiger partial charge on any atom is 0.190 e. The Bertz CT molecular complexity index is 318. The highest BCUT2D eigenvalue weighted by Crippen LogP contribution is 2.23. The standard InChI is InChI=1S/C9H11F2NO2/c1-13-9-7(10)4-3-6(8(9)11)5-12-14-2/h3-4,12H,5H2,1-2H3. The summed E-state index contributed by atoms with van der Waals surface area (Å²) in [6.07, 6.45) is 0. The first kappa shape index (κ1) is 10.9. The Labute approximate surface area is 80.6 Å². The minimum atomic E-state index is -0.717. The molecule has 14 heavy (non-hydrogen) atoms. The van der Waals surface area contributed by atoms with Gasteiger partial charge < -0.3 is 9.57 Å². The van der Waals surface area contributed by atoms with Crippen LogP contribution in [-0.2, 0) is 11.4 Å². The smallest absolute Gasteiger partial charge is 0.190 e. The molecule has 5 heteroatoms. The van der Waals surface area contributed by atoms with Crippen LogP contribution in [0, 0.1) is 11.6 Å². The lowest BCUT2D eigenvalue weighted by Gasteiger charge is -2.08. The van der Waals surface area contributed by atoms with E-state index < -0.39 is 11.6 Å². The molecule has 0 heterocycles. The van der Waals surface area contributed by atoms with Gasteiger partial charge in [-0.05, 0) is 6.07 Å². The Kier molecular flexibility index (Phi) is 3.79. The van der Waals surface area contributed by atoms with Crippen molar-refractivity contribution in [1.29, 1.82) is 0 Å². The van der Waals surface area contributed by atoms with E-state index in [-0.39, 0.29) is 17.9 Å². The summed E-state index contributed by atoms with van der Waals surface area (Å²) < 4.78 is 30.9. The van der Waals surface area contributed by atoms with Crippen LogP contribution in [0.1, 0.15) is 5.56 Å². The van der Waals surface area contributed by atoms with Crippen LogP contribution in [0.15, 0.2) is 12.1 Å². The van der Waals surface area contributed by atoms with E-state index in [0.717, 1.165) is 6.07 Å². The summed E-state index contributed by atoms with van der Waals surface area (Å²) in [5, 5.41) is 0.